The average molecular weight is 293 g/mol. The van der Waals surface area contributed by atoms with E-state index in [0.29, 0.717) is 0 Å². The van der Waals surface area contributed by atoms with Crippen molar-refractivity contribution in [2.24, 2.45) is 0 Å². The smallest absolute Gasteiger partial charge is 0.413 e. The first-order chi connectivity index (χ1) is 5.81. The van der Waals surface area contributed by atoms with E-state index in [-0.39, 0.29) is 30.0 Å². The fourth-order valence-electron chi connectivity index (χ4n) is 1.43. The van der Waals surface area contributed by atoms with Crippen molar-refractivity contribution >= 4 is 6.03 Å². The lowest BCUT2D eigenvalue weighted by Crippen LogP contribution is -3.00. The molecule has 1 N–H and O–H groups in total. The van der Waals surface area contributed by atoms with Gasteiger partial charge in [0.05, 0.1) is 6.54 Å². The number of imidazole rings is 1. The van der Waals surface area contributed by atoms with Crippen molar-refractivity contribution in [1.82, 2.24) is 9.88 Å². The summed E-state index contributed by atoms with van der Waals surface area (Å²) in [4.78, 5) is 11.3. The van der Waals surface area contributed by atoms with Crippen molar-refractivity contribution in [3.63, 3.8) is 0 Å². The lowest BCUT2D eigenvalue weighted by Gasteiger charge is -2.07. The second kappa shape index (κ2) is 4.08. The highest BCUT2D eigenvalue weighted by Crippen LogP contribution is 2.02. The second-order valence-electron chi connectivity index (χ2n) is 2.92. The first kappa shape index (κ1) is 10.5. The number of nitrogens with one attached hydrogen (secondary N) is 1. The molecule has 0 atom stereocenters. The Morgan fingerprint density at radius 2 is 2.46 bits per heavy atom. The van der Waals surface area contributed by atoms with E-state index >= 15 is 0 Å². The molecule has 0 bridgehead atoms. The van der Waals surface area contributed by atoms with E-state index in [0.717, 1.165) is 25.2 Å². The Morgan fingerprint density at radius 3 is 3.08 bits per heavy atom. The Balaban J connectivity index is 0.000000845. The number of aryl methyl sites for hydroxylation is 1. The minimum atomic E-state index is -0.0107. The molecule has 1 aliphatic rings. The Morgan fingerprint density at radius 1 is 1.69 bits per heavy atom. The number of nitrogens with zero attached hydrogens (tertiary/aromatic N) is 2. The van der Waals surface area contributed by atoms with Crippen LogP contribution < -0.4 is 33.9 Å². The molecule has 0 aromatic carbocycles. The molecule has 1 aromatic rings. The molecular weight excluding hydrogens is 281 g/mol. The van der Waals surface area contributed by atoms with Crippen molar-refractivity contribution in [2.75, 3.05) is 6.54 Å². The van der Waals surface area contributed by atoms with Gasteiger partial charge >= 0.3 is 6.03 Å². The van der Waals surface area contributed by atoms with Gasteiger partial charge in [-0.15, -0.1) is 4.57 Å². The number of aromatic nitrogens is 2. The highest BCUT2D eigenvalue weighted by molar-refractivity contribution is 5.77. The normalized spacial score (nSPS) is 14.4. The van der Waals surface area contributed by atoms with Crippen LogP contribution in [-0.2, 0) is 13.0 Å². The highest BCUT2D eigenvalue weighted by atomic mass is 127. The highest BCUT2D eigenvalue weighted by Gasteiger charge is 2.23. The molecule has 13 heavy (non-hydrogen) atoms. The van der Waals surface area contributed by atoms with Gasteiger partial charge in [-0.05, 0) is 6.92 Å². The lowest BCUT2D eigenvalue weighted by atomic mass is 10.3. The molecule has 72 valence electrons. The number of hydrogen-bond acceptors (Lipinski definition) is 1. The molecule has 2 heterocycles. The zero-order valence-corrected chi connectivity index (χ0v) is 9.61. The van der Waals surface area contributed by atoms with Crippen molar-refractivity contribution in [1.29, 1.82) is 0 Å². The Hall–Kier alpha value is -0.590. The van der Waals surface area contributed by atoms with Crippen LogP contribution in [0.4, 0.5) is 4.79 Å². The van der Waals surface area contributed by atoms with Crippen LogP contribution in [0.2, 0.25) is 0 Å². The van der Waals surface area contributed by atoms with Gasteiger partial charge in [0.2, 0.25) is 0 Å². The number of carbonyl (C=O) groups is 1. The third-order valence-corrected chi connectivity index (χ3v) is 2.13. The van der Waals surface area contributed by atoms with Crippen LogP contribution >= 0.6 is 0 Å². The molecular formula is C8H12IN3O. The molecule has 5 heteroatoms. The summed E-state index contributed by atoms with van der Waals surface area (Å²) >= 11 is 0. The number of carbonyl (C=O) groups excluding carboxylic acids is 1. The average Bonchev–Trinajstić information content (AvgIpc) is 2.49. The fraction of sp³-hybridized carbons (Fsp3) is 0.500. The van der Waals surface area contributed by atoms with E-state index in [9.17, 15) is 4.79 Å². The first-order valence-corrected chi connectivity index (χ1v) is 4.20. The van der Waals surface area contributed by atoms with E-state index in [4.69, 9.17) is 0 Å². The predicted octanol–water partition coefficient (Wildman–Crippen LogP) is -3.09. The van der Waals surface area contributed by atoms with E-state index in [2.05, 4.69) is 12.2 Å². The van der Waals surface area contributed by atoms with Crippen LogP contribution in [0.5, 0.6) is 0 Å². The summed E-state index contributed by atoms with van der Waals surface area (Å²) in [5.74, 6) is 0. The summed E-state index contributed by atoms with van der Waals surface area (Å²) in [6.07, 6.45) is 4.79. The van der Waals surface area contributed by atoms with E-state index in [1.165, 1.54) is 0 Å². The molecule has 0 spiro atoms. The van der Waals surface area contributed by atoms with Crippen LogP contribution in [0.25, 0.3) is 0 Å². The number of amides is 1. The Bertz CT molecular complexity index is 321. The monoisotopic (exact) mass is 293 g/mol. The van der Waals surface area contributed by atoms with Crippen molar-refractivity contribution in [2.45, 2.75) is 19.9 Å². The topological polar surface area (TPSA) is 37.9 Å². The number of hydrogen-bond donors (Lipinski definition) is 1. The Kier molecular flexibility index (Phi) is 3.29. The van der Waals surface area contributed by atoms with E-state index in [1.54, 1.807) is 4.57 Å². The number of fused-ring (bicyclic) bond motifs is 1. The molecule has 1 amide bonds. The third kappa shape index (κ3) is 1.84. The van der Waals surface area contributed by atoms with Crippen LogP contribution in [0.1, 0.15) is 12.6 Å². The van der Waals surface area contributed by atoms with Crippen LogP contribution in [-0.4, -0.2) is 17.1 Å². The van der Waals surface area contributed by atoms with Crippen LogP contribution in [0, 0.1) is 0 Å². The second-order valence-corrected chi connectivity index (χ2v) is 2.92. The van der Waals surface area contributed by atoms with Gasteiger partial charge in [-0.25, -0.2) is 9.36 Å². The van der Waals surface area contributed by atoms with Crippen molar-refractivity contribution < 1.29 is 33.3 Å². The van der Waals surface area contributed by atoms with Crippen molar-refractivity contribution in [3.8, 4) is 0 Å². The standard InChI is InChI=1S/C8H11N3O.HI/c1-2-10-5-7-3-4-9-8(12)11(7)6-10;/h5-6H,2-4H2,1H3;1H. The zero-order chi connectivity index (χ0) is 8.55. The van der Waals surface area contributed by atoms with Gasteiger partial charge in [-0.3, -0.25) is 0 Å². The van der Waals surface area contributed by atoms with Gasteiger partial charge in [0.1, 0.15) is 6.20 Å². The van der Waals surface area contributed by atoms with E-state index < -0.39 is 0 Å². The number of rotatable bonds is 1. The maximum Gasteiger partial charge on any atom is 0.413 e. The molecule has 0 aliphatic carbocycles. The largest absolute Gasteiger partial charge is 1.00 e. The van der Waals surface area contributed by atoms with E-state index in [1.807, 2.05) is 17.1 Å². The summed E-state index contributed by atoms with van der Waals surface area (Å²) in [7, 11) is 0. The summed E-state index contributed by atoms with van der Waals surface area (Å²) in [6.45, 7) is 3.73. The molecule has 0 unspecified atom stereocenters. The molecule has 0 saturated heterocycles. The van der Waals surface area contributed by atoms with Gasteiger partial charge in [-0.2, -0.15) is 0 Å². The molecule has 1 aliphatic heterocycles. The molecule has 0 radical (unpaired) electrons. The minimum absolute atomic E-state index is 0. The lowest BCUT2D eigenvalue weighted by molar-refractivity contribution is -0.692. The Labute approximate surface area is 94.0 Å². The summed E-state index contributed by atoms with van der Waals surface area (Å²) in [6, 6.07) is -0.0107. The quantitative estimate of drug-likeness (QED) is 0.433. The van der Waals surface area contributed by atoms with Gasteiger partial charge in [-0.1, -0.05) is 0 Å². The van der Waals surface area contributed by atoms with Gasteiger partial charge < -0.3 is 29.3 Å². The maximum atomic E-state index is 11.3. The summed E-state index contributed by atoms with van der Waals surface area (Å²) in [5, 5.41) is 2.79. The van der Waals surface area contributed by atoms with Gasteiger partial charge in [0.25, 0.3) is 6.33 Å². The SMILES string of the molecule is CC[n+]1cc2n(c1)C(=O)NCC2.[I-]. The maximum absolute atomic E-state index is 11.3. The molecule has 0 fully saturated rings. The molecule has 4 nitrogen and oxygen atoms in total. The fourth-order valence-corrected chi connectivity index (χ4v) is 1.43. The molecule has 0 saturated carbocycles. The molecule has 1 aromatic heterocycles. The zero-order valence-electron chi connectivity index (χ0n) is 7.46. The van der Waals surface area contributed by atoms with Crippen molar-refractivity contribution in [3.05, 3.63) is 18.2 Å². The van der Waals surface area contributed by atoms with Crippen LogP contribution in [0.15, 0.2) is 12.5 Å². The van der Waals surface area contributed by atoms with Crippen LogP contribution in [0.3, 0.4) is 0 Å². The third-order valence-electron chi connectivity index (χ3n) is 2.13. The predicted molar refractivity (Wildman–Crippen MR) is 42.8 cm³/mol. The van der Waals surface area contributed by atoms with Gasteiger partial charge in [0, 0.05) is 13.0 Å². The first-order valence-electron chi connectivity index (χ1n) is 4.20. The van der Waals surface area contributed by atoms with Gasteiger partial charge in [0.15, 0.2) is 5.69 Å². The molecule has 2 rings (SSSR count). The summed E-state index contributed by atoms with van der Waals surface area (Å²) < 4.78 is 3.69. The number of halogens is 1. The minimum Gasteiger partial charge on any atom is -1.00 e. The summed E-state index contributed by atoms with van der Waals surface area (Å²) in [5.41, 5.74) is 1.10.